The number of benzene rings is 1. The Labute approximate surface area is 129 Å². The number of nitrogens with zero attached hydrogens (tertiary/aromatic N) is 1. The SMILES string of the molecule is CC(C)c1ccccc1Nc1nc(C(F)(F)F)ccc1Br. The Morgan fingerprint density at radius 2 is 1.76 bits per heavy atom. The molecule has 0 radical (unpaired) electrons. The zero-order valence-corrected chi connectivity index (χ0v) is 13.1. The molecule has 1 aromatic heterocycles. The summed E-state index contributed by atoms with van der Waals surface area (Å²) in [5, 5.41) is 2.98. The Hall–Kier alpha value is -1.56. The van der Waals surface area contributed by atoms with Crippen molar-refractivity contribution in [1.29, 1.82) is 0 Å². The molecule has 0 saturated carbocycles. The van der Waals surface area contributed by atoms with Gasteiger partial charge in [0.1, 0.15) is 11.5 Å². The van der Waals surface area contributed by atoms with Crippen LogP contribution < -0.4 is 5.32 Å². The average molecular weight is 359 g/mol. The van der Waals surface area contributed by atoms with Crippen LogP contribution in [0.25, 0.3) is 0 Å². The lowest BCUT2D eigenvalue weighted by atomic mass is 10.0. The van der Waals surface area contributed by atoms with Crippen LogP contribution in [0.5, 0.6) is 0 Å². The van der Waals surface area contributed by atoms with E-state index in [9.17, 15) is 13.2 Å². The minimum Gasteiger partial charge on any atom is -0.339 e. The molecule has 112 valence electrons. The molecule has 0 aliphatic carbocycles. The maximum Gasteiger partial charge on any atom is 0.433 e. The first-order valence-electron chi connectivity index (χ1n) is 6.38. The number of hydrogen-bond donors (Lipinski definition) is 1. The Balaban J connectivity index is 2.40. The third kappa shape index (κ3) is 3.75. The van der Waals surface area contributed by atoms with E-state index in [2.05, 4.69) is 26.2 Å². The van der Waals surface area contributed by atoms with Gasteiger partial charge in [-0.2, -0.15) is 13.2 Å². The van der Waals surface area contributed by atoms with E-state index < -0.39 is 11.9 Å². The Bertz CT molecular complexity index is 639. The molecule has 2 aromatic rings. The van der Waals surface area contributed by atoms with Crippen molar-refractivity contribution in [2.75, 3.05) is 5.32 Å². The van der Waals surface area contributed by atoms with Crippen LogP contribution in [0.3, 0.4) is 0 Å². The van der Waals surface area contributed by atoms with Crippen molar-refractivity contribution >= 4 is 27.4 Å². The highest BCUT2D eigenvalue weighted by Crippen LogP contribution is 2.33. The lowest BCUT2D eigenvalue weighted by Gasteiger charge is -2.16. The van der Waals surface area contributed by atoms with E-state index in [1.807, 2.05) is 38.1 Å². The summed E-state index contributed by atoms with van der Waals surface area (Å²) in [6.45, 7) is 4.05. The van der Waals surface area contributed by atoms with E-state index in [0.717, 1.165) is 17.3 Å². The molecule has 2 rings (SSSR count). The largest absolute Gasteiger partial charge is 0.433 e. The van der Waals surface area contributed by atoms with Gasteiger partial charge in [-0.1, -0.05) is 32.0 Å². The first-order chi connectivity index (χ1) is 9.79. The number of alkyl halides is 3. The van der Waals surface area contributed by atoms with Gasteiger partial charge in [0.05, 0.1) is 4.47 Å². The molecule has 0 spiro atoms. The fourth-order valence-electron chi connectivity index (χ4n) is 1.93. The van der Waals surface area contributed by atoms with Gasteiger partial charge in [-0.15, -0.1) is 0 Å². The molecule has 0 atom stereocenters. The summed E-state index contributed by atoms with van der Waals surface area (Å²) in [6, 6.07) is 9.78. The van der Waals surface area contributed by atoms with Crippen molar-refractivity contribution in [2.45, 2.75) is 25.9 Å². The zero-order chi connectivity index (χ0) is 15.6. The molecule has 1 heterocycles. The fraction of sp³-hybridized carbons (Fsp3) is 0.267. The quantitative estimate of drug-likeness (QED) is 0.757. The number of para-hydroxylation sites is 1. The molecule has 0 bridgehead atoms. The van der Waals surface area contributed by atoms with Crippen molar-refractivity contribution in [2.24, 2.45) is 0 Å². The molecule has 0 aliphatic heterocycles. The van der Waals surface area contributed by atoms with Gasteiger partial charge in [0, 0.05) is 5.69 Å². The van der Waals surface area contributed by atoms with Crippen LogP contribution in [-0.4, -0.2) is 4.98 Å². The summed E-state index contributed by atoms with van der Waals surface area (Å²) in [5.74, 6) is 0.399. The van der Waals surface area contributed by atoms with Gasteiger partial charge in [-0.3, -0.25) is 0 Å². The van der Waals surface area contributed by atoms with Crippen molar-refractivity contribution < 1.29 is 13.2 Å². The second-order valence-corrected chi connectivity index (χ2v) is 5.75. The van der Waals surface area contributed by atoms with E-state index in [4.69, 9.17) is 0 Å². The molecule has 0 unspecified atom stereocenters. The van der Waals surface area contributed by atoms with Crippen molar-refractivity contribution in [3.63, 3.8) is 0 Å². The topological polar surface area (TPSA) is 24.9 Å². The van der Waals surface area contributed by atoms with Gasteiger partial charge in [0.15, 0.2) is 0 Å². The number of anilines is 2. The van der Waals surface area contributed by atoms with Gasteiger partial charge in [0.2, 0.25) is 0 Å². The second kappa shape index (κ2) is 6.05. The highest BCUT2D eigenvalue weighted by Gasteiger charge is 2.33. The van der Waals surface area contributed by atoms with Gasteiger partial charge in [0.25, 0.3) is 0 Å². The van der Waals surface area contributed by atoms with Gasteiger partial charge in [-0.25, -0.2) is 4.98 Å². The van der Waals surface area contributed by atoms with Crippen molar-refractivity contribution in [3.8, 4) is 0 Å². The smallest absolute Gasteiger partial charge is 0.339 e. The van der Waals surface area contributed by atoms with Crippen molar-refractivity contribution in [3.05, 3.63) is 52.1 Å². The third-order valence-electron chi connectivity index (χ3n) is 2.97. The number of rotatable bonds is 3. The summed E-state index contributed by atoms with van der Waals surface area (Å²) < 4.78 is 38.7. The highest BCUT2D eigenvalue weighted by atomic mass is 79.9. The highest BCUT2D eigenvalue weighted by molar-refractivity contribution is 9.10. The molecule has 2 nitrogen and oxygen atoms in total. The van der Waals surface area contributed by atoms with Crippen LogP contribution in [0.4, 0.5) is 24.7 Å². The normalized spacial score (nSPS) is 11.8. The molecule has 21 heavy (non-hydrogen) atoms. The molecule has 1 aromatic carbocycles. The van der Waals surface area contributed by atoms with E-state index >= 15 is 0 Å². The van der Waals surface area contributed by atoms with Crippen LogP contribution in [0.2, 0.25) is 0 Å². The molecule has 0 fully saturated rings. The number of hydrogen-bond acceptors (Lipinski definition) is 2. The first kappa shape index (κ1) is 15.8. The molecular weight excluding hydrogens is 345 g/mol. The monoisotopic (exact) mass is 358 g/mol. The molecule has 0 amide bonds. The summed E-state index contributed by atoms with van der Waals surface area (Å²) in [4.78, 5) is 3.66. The maximum atomic E-state index is 12.7. The minimum absolute atomic E-state index is 0.151. The van der Waals surface area contributed by atoms with E-state index in [0.29, 0.717) is 4.47 Å². The second-order valence-electron chi connectivity index (χ2n) is 4.89. The summed E-state index contributed by atoms with van der Waals surface area (Å²) >= 11 is 3.22. The minimum atomic E-state index is -4.46. The summed E-state index contributed by atoms with van der Waals surface area (Å²) in [6.07, 6.45) is -4.46. The third-order valence-corrected chi connectivity index (χ3v) is 3.61. The van der Waals surface area contributed by atoms with E-state index in [1.165, 1.54) is 6.07 Å². The van der Waals surface area contributed by atoms with Crippen LogP contribution >= 0.6 is 15.9 Å². The zero-order valence-electron chi connectivity index (χ0n) is 11.5. The van der Waals surface area contributed by atoms with Gasteiger partial charge < -0.3 is 5.32 Å². The van der Waals surface area contributed by atoms with Crippen molar-refractivity contribution in [1.82, 2.24) is 4.98 Å². The lowest BCUT2D eigenvalue weighted by molar-refractivity contribution is -0.141. The Morgan fingerprint density at radius 1 is 1.10 bits per heavy atom. The van der Waals surface area contributed by atoms with Crippen LogP contribution in [0.1, 0.15) is 31.0 Å². The standard InChI is InChI=1S/C15H14BrF3N2/c1-9(2)10-5-3-4-6-12(10)20-14-11(16)7-8-13(21-14)15(17,18)19/h3-9H,1-2H3,(H,20,21). The molecule has 1 N–H and O–H groups in total. The number of nitrogens with one attached hydrogen (secondary N) is 1. The molecule has 6 heteroatoms. The lowest BCUT2D eigenvalue weighted by Crippen LogP contribution is -2.10. The molecular formula is C15H14BrF3N2. The molecule has 0 aliphatic rings. The van der Waals surface area contributed by atoms with E-state index in [-0.39, 0.29) is 11.7 Å². The van der Waals surface area contributed by atoms with E-state index in [1.54, 1.807) is 0 Å². The van der Waals surface area contributed by atoms with Gasteiger partial charge in [-0.05, 0) is 45.6 Å². The Morgan fingerprint density at radius 3 is 2.38 bits per heavy atom. The number of aromatic nitrogens is 1. The summed E-state index contributed by atoms with van der Waals surface area (Å²) in [7, 11) is 0. The number of pyridine rings is 1. The molecule has 0 saturated heterocycles. The average Bonchev–Trinajstić information content (AvgIpc) is 2.40. The van der Waals surface area contributed by atoms with Crippen LogP contribution in [0.15, 0.2) is 40.9 Å². The van der Waals surface area contributed by atoms with Gasteiger partial charge >= 0.3 is 6.18 Å². The predicted octanol–water partition coefficient (Wildman–Crippen LogP) is 5.73. The van der Waals surface area contributed by atoms with Crippen LogP contribution in [0, 0.1) is 0 Å². The summed E-state index contributed by atoms with van der Waals surface area (Å²) in [5.41, 5.74) is 0.846. The fourth-order valence-corrected chi connectivity index (χ4v) is 2.25. The Kier molecular flexibility index (Phi) is 4.56. The van der Waals surface area contributed by atoms with Crippen LogP contribution in [-0.2, 0) is 6.18 Å². The maximum absolute atomic E-state index is 12.7. The first-order valence-corrected chi connectivity index (χ1v) is 7.18. The number of halogens is 4. The predicted molar refractivity (Wildman–Crippen MR) is 80.8 cm³/mol.